The predicted octanol–water partition coefficient (Wildman–Crippen LogP) is 3.29. The first-order valence-corrected chi connectivity index (χ1v) is 8.32. The molecule has 0 aromatic carbocycles. The van der Waals surface area contributed by atoms with E-state index in [2.05, 4.69) is 34.4 Å². The summed E-state index contributed by atoms with van der Waals surface area (Å²) in [5, 5.41) is 8.74. The summed E-state index contributed by atoms with van der Waals surface area (Å²) < 4.78 is 0. The molecule has 22 heavy (non-hydrogen) atoms. The average Bonchev–Trinajstić information content (AvgIpc) is 2.85. The lowest BCUT2D eigenvalue weighted by atomic mass is 10.1. The maximum atomic E-state index is 11.8. The molecule has 2 aromatic rings. The van der Waals surface area contributed by atoms with Crippen LogP contribution >= 0.6 is 11.3 Å². The van der Waals surface area contributed by atoms with Crippen LogP contribution in [-0.4, -0.2) is 22.4 Å². The summed E-state index contributed by atoms with van der Waals surface area (Å²) in [6, 6.07) is 5.79. The molecule has 0 unspecified atom stereocenters. The van der Waals surface area contributed by atoms with Gasteiger partial charge in [0, 0.05) is 17.6 Å². The first-order valence-electron chi connectivity index (χ1n) is 7.44. The third-order valence-electron chi connectivity index (χ3n) is 3.06. The van der Waals surface area contributed by atoms with Crippen LogP contribution in [0.15, 0.2) is 23.6 Å². The van der Waals surface area contributed by atoms with Gasteiger partial charge in [0.1, 0.15) is 5.82 Å². The Labute approximate surface area is 135 Å². The van der Waals surface area contributed by atoms with Crippen molar-refractivity contribution in [2.45, 2.75) is 33.6 Å². The van der Waals surface area contributed by atoms with Gasteiger partial charge >= 0.3 is 0 Å². The summed E-state index contributed by atoms with van der Waals surface area (Å²) >= 11 is 1.48. The number of hydrogen-bond acceptors (Lipinski definition) is 5. The van der Waals surface area contributed by atoms with Crippen molar-refractivity contribution in [1.29, 1.82) is 0 Å². The monoisotopic (exact) mass is 318 g/mol. The Bertz CT molecular complexity index is 624. The van der Waals surface area contributed by atoms with Crippen molar-refractivity contribution in [3.8, 4) is 0 Å². The Morgan fingerprint density at radius 2 is 2.14 bits per heavy atom. The number of hydrogen-bond donors (Lipinski definition) is 2. The smallest absolute Gasteiger partial charge is 0.226 e. The summed E-state index contributed by atoms with van der Waals surface area (Å²) in [5.41, 5.74) is 1.73. The van der Waals surface area contributed by atoms with Gasteiger partial charge < -0.3 is 10.6 Å². The van der Waals surface area contributed by atoms with Crippen molar-refractivity contribution < 1.29 is 4.79 Å². The molecule has 0 aliphatic heterocycles. The lowest BCUT2D eigenvalue weighted by molar-refractivity contribution is -0.120. The number of anilines is 2. The third kappa shape index (κ3) is 5.44. The molecule has 0 saturated carbocycles. The lowest BCUT2D eigenvalue weighted by Crippen LogP contribution is -2.26. The van der Waals surface area contributed by atoms with Gasteiger partial charge in [-0.15, -0.1) is 11.3 Å². The summed E-state index contributed by atoms with van der Waals surface area (Å²) in [6.07, 6.45) is 1.31. The molecule has 2 heterocycles. The van der Waals surface area contributed by atoms with Crippen LogP contribution in [0.1, 0.15) is 31.7 Å². The number of nitrogens with zero attached hydrogens (tertiary/aromatic N) is 2. The zero-order valence-corrected chi connectivity index (χ0v) is 14.0. The minimum atomic E-state index is 0.0196. The van der Waals surface area contributed by atoms with E-state index in [1.165, 1.54) is 11.3 Å². The van der Waals surface area contributed by atoms with Gasteiger partial charge in [0.25, 0.3) is 0 Å². The van der Waals surface area contributed by atoms with Crippen molar-refractivity contribution in [3.05, 3.63) is 35.0 Å². The average molecular weight is 318 g/mol. The minimum Gasteiger partial charge on any atom is -0.356 e. The Hall–Kier alpha value is -1.95. The fourth-order valence-corrected chi connectivity index (χ4v) is 2.61. The second kappa shape index (κ2) is 7.89. The fraction of sp³-hybridized carbons (Fsp3) is 0.438. The van der Waals surface area contributed by atoms with Crippen molar-refractivity contribution in [2.24, 2.45) is 5.92 Å². The van der Waals surface area contributed by atoms with Crippen LogP contribution < -0.4 is 10.6 Å². The predicted molar refractivity (Wildman–Crippen MR) is 90.5 cm³/mol. The van der Waals surface area contributed by atoms with Gasteiger partial charge in [0.2, 0.25) is 5.91 Å². The molecule has 0 spiro atoms. The quantitative estimate of drug-likeness (QED) is 0.822. The number of rotatable bonds is 7. The van der Waals surface area contributed by atoms with Crippen LogP contribution in [-0.2, 0) is 11.2 Å². The van der Waals surface area contributed by atoms with Crippen molar-refractivity contribution in [3.63, 3.8) is 0 Å². The van der Waals surface area contributed by atoms with E-state index < -0.39 is 0 Å². The van der Waals surface area contributed by atoms with Gasteiger partial charge in [-0.1, -0.05) is 19.9 Å². The van der Waals surface area contributed by atoms with Crippen LogP contribution in [0.2, 0.25) is 0 Å². The zero-order valence-electron chi connectivity index (χ0n) is 13.2. The van der Waals surface area contributed by atoms with E-state index in [4.69, 9.17) is 0 Å². The van der Waals surface area contributed by atoms with E-state index in [9.17, 15) is 4.79 Å². The second-order valence-electron chi connectivity index (χ2n) is 5.64. The molecule has 1 amide bonds. The maximum Gasteiger partial charge on any atom is 0.226 e. The Morgan fingerprint density at radius 1 is 1.32 bits per heavy atom. The standard InChI is InChI=1S/C16H22N4OS/c1-11(2)7-8-17-15(21)9-13-10-22-16(19-13)20-14-6-4-5-12(3)18-14/h4-6,10-11H,7-9H2,1-3H3,(H,17,21)(H,18,19,20). The van der Waals surface area contributed by atoms with E-state index in [1.54, 1.807) is 0 Å². The molecule has 5 nitrogen and oxygen atoms in total. The van der Waals surface area contributed by atoms with Crippen LogP contribution in [0, 0.1) is 12.8 Å². The number of amides is 1. The lowest BCUT2D eigenvalue weighted by Gasteiger charge is -2.06. The third-order valence-corrected chi connectivity index (χ3v) is 3.87. The van der Waals surface area contributed by atoms with Crippen LogP contribution in [0.25, 0.3) is 0 Å². The van der Waals surface area contributed by atoms with Crippen molar-refractivity contribution >= 4 is 28.2 Å². The van der Waals surface area contributed by atoms with Crippen LogP contribution in [0.3, 0.4) is 0 Å². The molecule has 0 aliphatic rings. The number of pyridine rings is 1. The Balaban J connectivity index is 1.84. The number of thiazole rings is 1. The summed E-state index contributed by atoms with van der Waals surface area (Å²) in [7, 11) is 0. The highest BCUT2D eigenvalue weighted by atomic mass is 32.1. The molecule has 0 aliphatic carbocycles. The first-order chi connectivity index (χ1) is 10.5. The molecule has 6 heteroatoms. The van der Waals surface area contributed by atoms with Crippen LogP contribution in [0.5, 0.6) is 0 Å². The van der Waals surface area contributed by atoms with Crippen molar-refractivity contribution in [2.75, 3.05) is 11.9 Å². The molecule has 0 saturated heterocycles. The maximum absolute atomic E-state index is 11.8. The van der Waals surface area contributed by atoms with E-state index in [-0.39, 0.29) is 5.91 Å². The molecule has 118 valence electrons. The highest BCUT2D eigenvalue weighted by Crippen LogP contribution is 2.20. The van der Waals surface area contributed by atoms with Gasteiger partial charge in [-0.3, -0.25) is 4.79 Å². The van der Waals surface area contributed by atoms with Gasteiger partial charge in [0.05, 0.1) is 12.1 Å². The number of carbonyl (C=O) groups excluding carboxylic acids is 1. The summed E-state index contributed by atoms with van der Waals surface area (Å²) in [6.45, 7) is 6.95. The molecule has 2 rings (SSSR count). The number of nitrogens with one attached hydrogen (secondary N) is 2. The van der Waals surface area contributed by atoms with E-state index in [1.807, 2.05) is 30.5 Å². The highest BCUT2D eigenvalue weighted by Gasteiger charge is 2.08. The van der Waals surface area contributed by atoms with Crippen molar-refractivity contribution in [1.82, 2.24) is 15.3 Å². The molecule has 2 aromatic heterocycles. The largest absolute Gasteiger partial charge is 0.356 e. The normalized spacial score (nSPS) is 10.7. The highest BCUT2D eigenvalue weighted by molar-refractivity contribution is 7.13. The minimum absolute atomic E-state index is 0.0196. The fourth-order valence-electron chi connectivity index (χ4n) is 1.90. The zero-order chi connectivity index (χ0) is 15.9. The molecule has 0 atom stereocenters. The molecule has 0 radical (unpaired) electrons. The number of aromatic nitrogens is 2. The molecule has 2 N–H and O–H groups in total. The molecule has 0 bridgehead atoms. The summed E-state index contributed by atoms with van der Waals surface area (Å²) in [5.74, 6) is 1.38. The summed E-state index contributed by atoms with van der Waals surface area (Å²) in [4.78, 5) is 20.6. The first kappa shape index (κ1) is 16.4. The van der Waals surface area contributed by atoms with Gasteiger partial charge in [0.15, 0.2) is 5.13 Å². The molecule has 0 fully saturated rings. The van der Waals surface area contributed by atoms with E-state index in [0.29, 0.717) is 12.3 Å². The molecular formula is C16H22N4OS. The Kier molecular flexibility index (Phi) is 5.89. The SMILES string of the molecule is Cc1cccc(Nc2nc(CC(=O)NCCC(C)C)cs2)n1. The van der Waals surface area contributed by atoms with Gasteiger partial charge in [-0.05, 0) is 31.4 Å². The number of aryl methyl sites for hydroxylation is 1. The Morgan fingerprint density at radius 3 is 2.86 bits per heavy atom. The van der Waals surface area contributed by atoms with E-state index in [0.717, 1.165) is 35.3 Å². The van der Waals surface area contributed by atoms with E-state index >= 15 is 0 Å². The second-order valence-corrected chi connectivity index (χ2v) is 6.50. The van der Waals surface area contributed by atoms with Gasteiger partial charge in [-0.25, -0.2) is 9.97 Å². The van der Waals surface area contributed by atoms with Crippen LogP contribution in [0.4, 0.5) is 10.9 Å². The molecular weight excluding hydrogens is 296 g/mol. The number of carbonyl (C=O) groups is 1. The topological polar surface area (TPSA) is 66.9 Å². The van der Waals surface area contributed by atoms with Gasteiger partial charge in [-0.2, -0.15) is 0 Å².